The van der Waals surface area contributed by atoms with Crippen LogP contribution in [0.15, 0.2) is 52.5 Å². The molecule has 0 fully saturated rings. The lowest BCUT2D eigenvalue weighted by Crippen LogP contribution is -2.13. The first-order chi connectivity index (χ1) is 10.5. The Morgan fingerprint density at radius 3 is 2.77 bits per heavy atom. The number of sulfonamides is 1. The number of thiol groups is 1. The van der Waals surface area contributed by atoms with E-state index in [1.54, 1.807) is 30.3 Å². The molecule has 0 amide bonds. The lowest BCUT2D eigenvalue weighted by atomic mass is 10.3. The second-order valence-electron chi connectivity index (χ2n) is 4.55. The zero-order valence-electron chi connectivity index (χ0n) is 11.6. The molecule has 2 N–H and O–H groups in total. The number of fused-ring (bicyclic) bond motifs is 1. The van der Waals surface area contributed by atoms with E-state index >= 15 is 0 Å². The highest BCUT2D eigenvalue weighted by molar-refractivity contribution is 7.92. The first kappa shape index (κ1) is 14.7. The summed E-state index contributed by atoms with van der Waals surface area (Å²) in [4.78, 5) is 7.14. The third-order valence-corrected chi connectivity index (χ3v) is 4.68. The first-order valence-electron chi connectivity index (χ1n) is 6.34. The van der Waals surface area contributed by atoms with E-state index in [-0.39, 0.29) is 4.90 Å². The molecule has 0 bridgehead atoms. The van der Waals surface area contributed by atoms with Crippen molar-refractivity contribution in [2.24, 2.45) is 0 Å². The molecule has 0 spiro atoms. The van der Waals surface area contributed by atoms with Gasteiger partial charge in [0, 0.05) is 0 Å². The summed E-state index contributed by atoms with van der Waals surface area (Å²) in [6.07, 6.45) is 0. The van der Waals surface area contributed by atoms with Crippen LogP contribution in [0.4, 0.5) is 5.69 Å². The summed E-state index contributed by atoms with van der Waals surface area (Å²) in [7, 11) is -2.25. The molecule has 3 rings (SSSR count). The lowest BCUT2D eigenvalue weighted by Gasteiger charge is -2.11. The predicted octanol–water partition coefficient (Wildman–Crippen LogP) is 2.66. The highest BCUT2D eigenvalue weighted by Gasteiger charge is 2.17. The average Bonchev–Trinajstić information content (AvgIpc) is 2.86. The largest absolute Gasteiger partial charge is 0.495 e. The van der Waals surface area contributed by atoms with Crippen molar-refractivity contribution in [3.05, 3.63) is 42.5 Å². The van der Waals surface area contributed by atoms with Crippen molar-refractivity contribution in [2.45, 2.75) is 10.1 Å². The predicted molar refractivity (Wildman–Crippen MR) is 87.1 cm³/mol. The van der Waals surface area contributed by atoms with Crippen LogP contribution in [-0.2, 0) is 10.0 Å². The second-order valence-corrected chi connectivity index (χ2v) is 6.65. The van der Waals surface area contributed by atoms with Gasteiger partial charge in [0.2, 0.25) is 0 Å². The van der Waals surface area contributed by atoms with Gasteiger partial charge in [0.15, 0.2) is 5.16 Å². The van der Waals surface area contributed by atoms with Crippen LogP contribution in [0.1, 0.15) is 0 Å². The molecule has 0 aliphatic heterocycles. The van der Waals surface area contributed by atoms with Crippen molar-refractivity contribution in [1.29, 1.82) is 0 Å². The number of imidazole rings is 1. The summed E-state index contributed by atoms with van der Waals surface area (Å²) in [5, 5.41) is 0.433. The van der Waals surface area contributed by atoms with Gasteiger partial charge < -0.3 is 9.72 Å². The quantitative estimate of drug-likeness (QED) is 0.640. The summed E-state index contributed by atoms with van der Waals surface area (Å²) in [6, 6.07) is 11.4. The van der Waals surface area contributed by atoms with Crippen LogP contribution in [0, 0.1) is 0 Å². The number of anilines is 1. The number of benzene rings is 2. The molecule has 0 aliphatic rings. The monoisotopic (exact) mass is 335 g/mol. The number of nitrogens with zero attached hydrogens (tertiary/aromatic N) is 1. The number of ether oxygens (including phenoxy) is 1. The van der Waals surface area contributed by atoms with Gasteiger partial charge >= 0.3 is 0 Å². The van der Waals surface area contributed by atoms with Crippen LogP contribution in [0.25, 0.3) is 11.0 Å². The van der Waals surface area contributed by atoms with Crippen molar-refractivity contribution in [2.75, 3.05) is 11.8 Å². The molecule has 0 radical (unpaired) electrons. The minimum Gasteiger partial charge on any atom is -0.495 e. The fraction of sp³-hybridized carbons (Fsp3) is 0.0714. The number of rotatable bonds is 4. The van der Waals surface area contributed by atoms with Gasteiger partial charge in [-0.05, 0) is 30.3 Å². The Hall–Kier alpha value is -2.19. The molecule has 0 atom stereocenters. The van der Waals surface area contributed by atoms with E-state index in [9.17, 15) is 8.42 Å². The van der Waals surface area contributed by atoms with Crippen LogP contribution < -0.4 is 9.46 Å². The van der Waals surface area contributed by atoms with Crippen LogP contribution >= 0.6 is 12.6 Å². The first-order valence-corrected chi connectivity index (χ1v) is 8.27. The minimum atomic E-state index is -3.73. The number of aromatic amines is 1. The van der Waals surface area contributed by atoms with Crippen molar-refractivity contribution in [1.82, 2.24) is 9.97 Å². The molecule has 0 unspecified atom stereocenters. The summed E-state index contributed by atoms with van der Waals surface area (Å²) >= 11 is 4.11. The Bertz CT molecular complexity index is 935. The molecule has 0 saturated carbocycles. The SMILES string of the molecule is COc1ccccc1NS(=O)(=O)c1ccc2nc(S)[nH]c2c1. The molecule has 114 valence electrons. The van der Waals surface area contributed by atoms with Gasteiger partial charge in [-0.15, -0.1) is 12.6 Å². The van der Waals surface area contributed by atoms with E-state index in [1.807, 2.05) is 0 Å². The fourth-order valence-electron chi connectivity index (χ4n) is 2.08. The Kier molecular flexibility index (Phi) is 3.71. The minimum absolute atomic E-state index is 0.128. The normalized spacial score (nSPS) is 11.5. The molecular weight excluding hydrogens is 322 g/mol. The summed E-state index contributed by atoms with van der Waals surface area (Å²) < 4.78 is 32.7. The molecule has 0 aliphatic carbocycles. The van der Waals surface area contributed by atoms with Gasteiger partial charge in [0.25, 0.3) is 10.0 Å². The third kappa shape index (κ3) is 2.75. The van der Waals surface area contributed by atoms with Crippen molar-refractivity contribution >= 4 is 39.4 Å². The highest BCUT2D eigenvalue weighted by atomic mass is 32.2. The number of aromatic nitrogens is 2. The van der Waals surface area contributed by atoms with Gasteiger partial charge in [-0.3, -0.25) is 4.72 Å². The number of nitrogens with one attached hydrogen (secondary N) is 2. The molecular formula is C14H13N3O3S2. The Morgan fingerprint density at radius 2 is 2.00 bits per heavy atom. The Morgan fingerprint density at radius 1 is 1.23 bits per heavy atom. The number of para-hydroxylation sites is 2. The molecule has 6 nitrogen and oxygen atoms in total. The van der Waals surface area contributed by atoms with Crippen LogP contribution in [-0.4, -0.2) is 25.5 Å². The number of methoxy groups -OCH3 is 1. The maximum absolute atomic E-state index is 12.5. The molecule has 3 aromatic rings. The smallest absolute Gasteiger partial charge is 0.262 e. The molecule has 1 heterocycles. The standard InChI is InChI=1S/C14H13N3O3S2/c1-20-13-5-3-2-4-11(13)17-22(18,19)9-6-7-10-12(8-9)16-14(21)15-10/h2-8,17H,1H3,(H2,15,16,21). The zero-order chi connectivity index (χ0) is 15.7. The number of hydrogen-bond acceptors (Lipinski definition) is 5. The van der Waals surface area contributed by atoms with Crippen molar-refractivity contribution in [3.8, 4) is 5.75 Å². The van der Waals surface area contributed by atoms with Crippen LogP contribution in [0.5, 0.6) is 5.75 Å². The van der Waals surface area contributed by atoms with E-state index < -0.39 is 10.0 Å². The Labute approximate surface area is 133 Å². The average molecular weight is 335 g/mol. The maximum atomic E-state index is 12.5. The van der Waals surface area contributed by atoms with Crippen molar-refractivity contribution in [3.63, 3.8) is 0 Å². The molecule has 8 heteroatoms. The van der Waals surface area contributed by atoms with E-state index in [0.717, 1.165) is 0 Å². The Balaban J connectivity index is 2.00. The number of hydrogen-bond donors (Lipinski definition) is 3. The summed E-state index contributed by atoms with van der Waals surface area (Å²) in [5.74, 6) is 0.450. The summed E-state index contributed by atoms with van der Waals surface area (Å²) in [6.45, 7) is 0. The third-order valence-electron chi connectivity index (χ3n) is 3.10. The van der Waals surface area contributed by atoms with Crippen molar-refractivity contribution < 1.29 is 13.2 Å². The summed E-state index contributed by atoms with van der Waals surface area (Å²) in [5.41, 5.74) is 1.64. The van der Waals surface area contributed by atoms with Gasteiger partial charge in [-0.1, -0.05) is 12.1 Å². The lowest BCUT2D eigenvalue weighted by molar-refractivity contribution is 0.417. The van der Waals surface area contributed by atoms with Gasteiger partial charge in [-0.2, -0.15) is 0 Å². The van der Waals surface area contributed by atoms with Gasteiger partial charge in [0.1, 0.15) is 5.75 Å². The van der Waals surface area contributed by atoms with E-state index in [1.165, 1.54) is 19.2 Å². The molecule has 0 saturated heterocycles. The zero-order valence-corrected chi connectivity index (χ0v) is 13.3. The fourth-order valence-corrected chi connectivity index (χ4v) is 3.40. The van der Waals surface area contributed by atoms with Crippen LogP contribution in [0.2, 0.25) is 0 Å². The maximum Gasteiger partial charge on any atom is 0.262 e. The number of H-pyrrole nitrogens is 1. The van der Waals surface area contributed by atoms with E-state index in [4.69, 9.17) is 4.74 Å². The highest BCUT2D eigenvalue weighted by Crippen LogP contribution is 2.27. The molecule has 22 heavy (non-hydrogen) atoms. The molecule has 2 aromatic carbocycles. The van der Waals surface area contributed by atoms with E-state index in [2.05, 4.69) is 27.3 Å². The topological polar surface area (TPSA) is 84.1 Å². The van der Waals surface area contributed by atoms with E-state index in [0.29, 0.717) is 27.6 Å². The van der Waals surface area contributed by atoms with Gasteiger partial charge in [-0.25, -0.2) is 13.4 Å². The van der Waals surface area contributed by atoms with Crippen LogP contribution in [0.3, 0.4) is 0 Å². The van der Waals surface area contributed by atoms with Gasteiger partial charge in [0.05, 0.1) is 28.7 Å². The second kappa shape index (κ2) is 5.54. The molecule has 1 aromatic heterocycles.